The molecule has 0 radical (unpaired) electrons. The van der Waals surface area contributed by atoms with Gasteiger partial charge in [-0.25, -0.2) is 5.06 Å². The minimum Gasteiger partial charge on any atom is -0.354 e. The van der Waals surface area contributed by atoms with Crippen molar-refractivity contribution in [2.45, 2.75) is 19.4 Å². The normalized spacial score (nSPS) is 11.9. The molecule has 1 N–H and O–H groups in total. The molecule has 5 nitrogen and oxygen atoms in total. The highest BCUT2D eigenvalue weighted by atomic mass is 16.7. The molecule has 0 aliphatic rings. The summed E-state index contributed by atoms with van der Waals surface area (Å²) >= 11 is 0. The molecule has 0 aromatic heterocycles. The van der Waals surface area contributed by atoms with E-state index in [1.54, 1.807) is 0 Å². The van der Waals surface area contributed by atoms with Crippen molar-refractivity contribution in [3.8, 4) is 0 Å². The van der Waals surface area contributed by atoms with Crippen molar-refractivity contribution in [3.63, 3.8) is 0 Å². The Morgan fingerprint density at radius 1 is 1.62 bits per heavy atom. The molecule has 0 aromatic rings. The molecule has 0 bridgehead atoms. The third-order valence-corrected chi connectivity index (χ3v) is 1.67. The van der Waals surface area contributed by atoms with Crippen LogP contribution in [0.3, 0.4) is 0 Å². The van der Waals surface area contributed by atoms with Crippen molar-refractivity contribution in [2.24, 2.45) is 0 Å². The van der Waals surface area contributed by atoms with Crippen LogP contribution in [0.4, 0.5) is 4.79 Å². The summed E-state index contributed by atoms with van der Waals surface area (Å²) in [6.45, 7) is 1.82. The summed E-state index contributed by atoms with van der Waals surface area (Å²) < 4.78 is 0. The fourth-order valence-electron chi connectivity index (χ4n) is 0.893. The first kappa shape index (κ1) is 12.0. The highest BCUT2D eigenvalue weighted by Gasteiger charge is 2.20. The average Bonchev–Trinajstić information content (AvgIpc) is 2.11. The van der Waals surface area contributed by atoms with Gasteiger partial charge in [-0.1, -0.05) is 6.92 Å². The van der Waals surface area contributed by atoms with Gasteiger partial charge in [0.2, 0.25) is 7.85 Å². The van der Waals surface area contributed by atoms with Crippen LogP contribution in [0, 0.1) is 0 Å². The molecule has 0 heterocycles. The Kier molecular flexibility index (Phi) is 5.14. The summed E-state index contributed by atoms with van der Waals surface area (Å²) in [6, 6.07) is -0.498. The summed E-state index contributed by atoms with van der Waals surface area (Å²) in [5.74, 6) is -0.468. The summed E-state index contributed by atoms with van der Waals surface area (Å²) in [6.07, 6.45) is 0.548. The lowest BCUT2D eigenvalue weighted by Gasteiger charge is -2.21. The third-order valence-electron chi connectivity index (χ3n) is 1.67. The first-order valence-corrected chi connectivity index (χ1v) is 4.11. The van der Waals surface area contributed by atoms with Crippen LogP contribution in [0.1, 0.15) is 13.3 Å². The number of nitrogens with zero attached hydrogens (tertiary/aromatic N) is 1. The second kappa shape index (κ2) is 5.58. The maximum Gasteiger partial charge on any atom is 0.268 e. The minimum atomic E-state index is -0.498. The number of carbonyl (C=O) groups is 2. The Hall–Kier alpha value is -1.04. The van der Waals surface area contributed by atoms with E-state index in [0.29, 0.717) is 6.42 Å². The number of amides is 2. The number of carbonyl (C=O) groups excluding carboxylic acids is 2. The molecule has 6 heteroatoms. The molecule has 1 atom stereocenters. The zero-order chi connectivity index (χ0) is 10.4. The van der Waals surface area contributed by atoms with Crippen molar-refractivity contribution in [2.75, 3.05) is 14.2 Å². The number of nitrogens with one attached hydrogen (secondary N) is 1. The smallest absolute Gasteiger partial charge is 0.268 e. The van der Waals surface area contributed by atoms with E-state index >= 15 is 0 Å². The summed E-state index contributed by atoms with van der Waals surface area (Å²) in [5.41, 5.74) is 0. The highest BCUT2D eigenvalue weighted by Crippen LogP contribution is 1.97. The Bertz CT molecular complexity index is 198. The van der Waals surface area contributed by atoms with Crippen LogP contribution in [0.2, 0.25) is 0 Å². The molecule has 0 spiro atoms. The van der Waals surface area contributed by atoms with Crippen LogP contribution < -0.4 is 5.32 Å². The zero-order valence-corrected chi connectivity index (χ0v) is 8.46. The van der Waals surface area contributed by atoms with E-state index in [4.69, 9.17) is 4.84 Å². The number of rotatable bonds is 4. The minimum absolute atomic E-state index is 0.218. The van der Waals surface area contributed by atoms with Crippen molar-refractivity contribution >= 4 is 19.6 Å². The van der Waals surface area contributed by atoms with Crippen molar-refractivity contribution < 1.29 is 14.4 Å². The summed E-state index contributed by atoms with van der Waals surface area (Å²) in [7, 11) is 4.29. The molecular formula is C7H15BN2O3. The predicted molar refractivity (Wildman–Crippen MR) is 50.9 cm³/mol. The van der Waals surface area contributed by atoms with Gasteiger partial charge in [-0.2, -0.15) is 0 Å². The monoisotopic (exact) mass is 186 g/mol. The van der Waals surface area contributed by atoms with E-state index in [-0.39, 0.29) is 11.7 Å². The van der Waals surface area contributed by atoms with E-state index < -0.39 is 6.04 Å². The number of hydrogen-bond acceptors (Lipinski definition) is 3. The molecular weight excluding hydrogens is 171 g/mol. The molecule has 0 unspecified atom stereocenters. The van der Waals surface area contributed by atoms with Crippen LogP contribution in [0.15, 0.2) is 0 Å². The predicted octanol–water partition coefficient (Wildman–Crippen LogP) is -0.873. The lowest BCUT2D eigenvalue weighted by molar-refractivity contribution is -0.170. The third kappa shape index (κ3) is 3.94. The second-order valence-electron chi connectivity index (χ2n) is 2.68. The van der Waals surface area contributed by atoms with Gasteiger partial charge in [0.05, 0.1) is 7.11 Å². The Morgan fingerprint density at radius 2 is 2.15 bits per heavy atom. The molecule has 2 amide bonds. The van der Waals surface area contributed by atoms with E-state index in [1.807, 2.05) is 6.92 Å². The summed E-state index contributed by atoms with van der Waals surface area (Å²) in [4.78, 5) is 26.8. The van der Waals surface area contributed by atoms with Gasteiger partial charge in [-0.3, -0.25) is 14.4 Å². The van der Waals surface area contributed by atoms with Crippen molar-refractivity contribution in [3.05, 3.63) is 0 Å². The van der Waals surface area contributed by atoms with Crippen LogP contribution in [-0.2, 0) is 9.63 Å². The molecule has 74 valence electrons. The first-order chi connectivity index (χ1) is 6.02. The maximum absolute atomic E-state index is 11.4. The molecule has 0 rings (SSSR count). The van der Waals surface area contributed by atoms with Gasteiger partial charge in [-0.05, 0) is 6.42 Å². The van der Waals surface area contributed by atoms with Crippen LogP contribution in [0.25, 0.3) is 0 Å². The van der Waals surface area contributed by atoms with Crippen LogP contribution >= 0.6 is 0 Å². The van der Waals surface area contributed by atoms with Gasteiger partial charge < -0.3 is 5.32 Å². The molecule has 0 aliphatic carbocycles. The number of hydroxylamine groups is 2. The molecule has 13 heavy (non-hydrogen) atoms. The molecule has 0 fully saturated rings. The molecule has 0 saturated carbocycles. The van der Waals surface area contributed by atoms with Crippen LogP contribution in [-0.4, -0.2) is 44.8 Å². The average molecular weight is 186 g/mol. The van der Waals surface area contributed by atoms with Gasteiger partial charge >= 0.3 is 0 Å². The fraction of sp³-hybridized carbons (Fsp3) is 0.714. The molecule has 0 aromatic carbocycles. The highest BCUT2D eigenvalue weighted by molar-refractivity contribution is 6.57. The van der Waals surface area contributed by atoms with E-state index in [0.717, 1.165) is 5.06 Å². The quantitative estimate of drug-likeness (QED) is 0.458. The van der Waals surface area contributed by atoms with E-state index in [1.165, 1.54) is 22.0 Å². The first-order valence-electron chi connectivity index (χ1n) is 4.11. The summed E-state index contributed by atoms with van der Waals surface area (Å²) in [5, 5.41) is 3.64. The Labute approximate surface area is 78.8 Å². The van der Waals surface area contributed by atoms with Crippen molar-refractivity contribution in [1.29, 1.82) is 0 Å². The fourth-order valence-corrected chi connectivity index (χ4v) is 0.893. The number of hydrogen-bond donors (Lipinski definition) is 1. The SMILES string of the molecule is BC(=O)N[C@@H](CC)C(=O)N(C)OC. The molecule has 0 aliphatic heterocycles. The number of likely N-dealkylation sites (N-methyl/N-ethyl adjacent to an activating group) is 1. The van der Waals surface area contributed by atoms with Gasteiger partial charge in [-0.15, -0.1) is 0 Å². The Morgan fingerprint density at radius 3 is 2.46 bits per heavy atom. The Balaban J connectivity index is 4.22. The standard InChI is InChI=1S/C7H15BN2O3/c1-4-5(9-7(8)12)6(11)10(2)13-3/h5H,4,8H2,1-3H3,(H,9,12)/t5-/m0/s1. The van der Waals surface area contributed by atoms with Gasteiger partial charge in [0.15, 0.2) is 5.81 Å². The molecule has 0 saturated heterocycles. The van der Waals surface area contributed by atoms with Gasteiger partial charge in [0.25, 0.3) is 5.91 Å². The largest absolute Gasteiger partial charge is 0.354 e. The maximum atomic E-state index is 11.4. The van der Waals surface area contributed by atoms with Crippen molar-refractivity contribution in [1.82, 2.24) is 10.4 Å². The van der Waals surface area contributed by atoms with E-state index in [2.05, 4.69) is 5.32 Å². The topological polar surface area (TPSA) is 58.6 Å². The lowest BCUT2D eigenvalue weighted by Crippen LogP contribution is -2.46. The van der Waals surface area contributed by atoms with Gasteiger partial charge in [0.1, 0.15) is 6.04 Å². The zero-order valence-electron chi connectivity index (χ0n) is 8.46. The van der Waals surface area contributed by atoms with E-state index in [9.17, 15) is 9.59 Å². The van der Waals surface area contributed by atoms with Crippen LogP contribution in [0.5, 0.6) is 0 Å². The lowest BCUT2D eigenvalue weighted by atomic mass is 10.1. The van der Waals surface area contributed by atoms with Gasteiger partial charge in [0, 0.05) is 7.05 Å². The second-order valence-corrected chi connectivity index (χ2v) is 2.68.